The first kappa shape index (κ1) is 23.5. The van der Waals surface area contributed by atoms with Gasteiger partial charge in [0.1, 0.15) is 11.5 Å². The van der Waals surface area contributed by atoms with Crippen LogP contribution >= 0.6 is 0 Å². The van der Waals surface area contributed by atoms with Gasteiger partial charge >= 0.3 is 0 Å². The first-order valence-electron chi connectivity index (χ1n) is 10.7. The third-order valence-corrected chi connectivity index (χ3v) is 5.78. The van der Waals surface area contributed by atoms with Crippen molar-refractivity contribution in [3.05, 3.63) is 70.8 Å². The number of hydrogen-bond acceptors (Lipinski definition) is 5. The summed E-state index contributed by atoms with van der Waals surface area (Å²) in [7, 11) is 5.33. The van der Waals surface area contributed by atoms with Crippen LogP contribution in [0.4, 0.5) is 0 Å². The molecule has 1 amide bonds. The highest BCUT2D eigenvalue weighted by molar-refractivity contribution is 6.46. The zero-order valence-electron chi connectivity index (χ0n) is 19.7. The Morgan fingerprint density at radius 3 is 2.25 bits per heavy atom. The zero-order valence-corrected chi connectivity index (χ0v) is 19.7. The van der Waals surface area contributed by atoms with Gasteiger partial charge in [0.2, 0.25) is 0 Å². The largest absolute Gasteiger partial charge is 0.507 e. The number of ether oxygens (including phenoxy) is 1. The highest BCUT2D eigenvalue weighted by atomic mass is 16.5. The molecule has 1 aliphatic heterocycles. The summed E-state index contributed by atoms with van der Waals surface area (Å²) in [5, 5.41) is 11.2. The smallest absolute Gasteiger partial charge is 0.295 e. The highest BCUT2D eigenvalue weighted by Gasteiger charge is 2.46. The van der Waals surface area contributed by atoms with Crippen molar-refractivity contribution in [1.29, 1.82) is 0 Å². The van der Waals surface area contributed by atoms with Crippen molar-refractivity contribution in [2.75, 3.05) is 34.3 Å². The van der Waals surface area contributed by atoms with Crippen LogP contribution in [0.15, 0.2) is 54.1 Å². The molecule has 32 heavy (non-hydrogen) atoms. The van der Waals surface area contributed by atoms with Crippen LogP contribution in [0.2, 0.25) is 0 Å². The molecular formula is C26H32N2O4. The number of rotatable bonds is 6. The van der Waals surface area contributed by atoms with Crippen LogP contribution < -0.4 is 4.74 Å². The molecule has 1 atom stereocenters. The molecule has 1 unspecified atom stereocenters. The van der Waals surface area contributed by atoms with Gasteiger partial charge in [0.25, 0.3) is 11.7 Å². The van der Waals surface area contributed by atoms with Crippen molar-refractivity contribution in [2.45, 2.75) is 32.2 Å². The topological polar surface area (TPSA) is 70.1 Å². The lowest BCUT2D eigenvalue weighted by molar-refractivity contribution is -0.140. The minimum absolute atomic E-state index is 0.0251. The van der Waals surface area contributed by atoms with Crippen LogP contribution in [0.1, 0.15) is 43.5 Å². The summed E-state index contributed by atoms with van der Waals surface area (Å²) < 4.78 is 5.38. The van der Waals surface area contributed by atoms with Crippen molar-refractivity contribution in [3.8, 4) is 5.75 Å². The lowest BCUT2D eigenvalue weighted by atomic mass is 9.85. The van der Waals surface area contributed by atoms with Crippen molar-refractivity contribution in [1.82, 2.24) is 9.80 Å². The highest BCUT2D eigenvalue weighted by Crippen LogP contribution is 2.41. The minimum atomic E-state index is -0.683. The van der Waals surface area contributed by atoms with Gasteiger partial charge in [-0.3, -0.25) is 9.59 Å². The van der Waals surface area contributed by atoms with E-state index in [2.05, 4.69) is 20.8 Å². The second-order valence-corrected chi connectivity index (χ2v) is 9.37. The summed E-state index contributed by atoms with van der Waals surface area (Å²) in [5.41, 5.74) is 2.38. The van der Waals surface area contributed by atoms with Crippen LogP contribution in [0.25, 0.3) is 5.76 Å². The van der Waals surface area contributed by atoms with Crippen LogP contribution in [-0.4, -0.2) is 60.9 Å². The summed E-state index contributed by atoms with van der Waals surface area (Å²) in [4.78, 5) is 29.6. The number of amides is 1. The Hall–Kier alpha value is -3.12. The molecule has 1 heterocycles. The Morgan fingerprint density at radius 1 is 1.06 bits per heavy atom. The SMILES string of the molecule is COc1ccccc1/C(O)=C1\C(=O)C(=O)N(CCN(C)C)C1c1ccc(C(C)(C)C)cc1. The third kappa shape index (κ3) is 4.55. The van der Waals surface area contributed by atoms with E-state index in [1.165, 1.54) is 7.11 Å². The number of methoxy groups -OCH3 is 1. The summed E-state index contributed by atoms with van der Waals surface area (Å²) in [5.74, 6) is -1.07. The molecule has 0 spiro atoms. The molecule has 0 aliphatic carbocycles. The Balaban J connectivity index is 2.17. The van der Waals surface area contributed by atoms with Gasteiger partial charge in [0, 0.05) is 13.1 Å². The van der Waals surface area contributed by atoms with E-state index in [4.69, 9.17) is 4.74 Å². The standard InChI is InChI=1S/C26H32N2O4/c1-26(2,3)18-13-11-17(12-14-18)22-21(23(29)19-9-7-8-10-20(19)32-6)24(30)25(31)28(22)16-15-27(4)5/h7-14,22,29H,15-16H2,1-6H3/b23-21+. The molecule has 0 saturated carbocycles. The zero-order chi connectivity index (χ0) is 23.6. The van der Waals surface area contributed by atoms with E-state index >= 15 is 0 Å². The van der Waals surface area contributed by atoms with E-state index < -0.39 is 17.7 Å². The van der Waals surface area contributed by atoms with Crippen LogP contribution in [-0.2, 0) is 15.0 Å². The molecule has 3 rings (SSSR count). The molecule has 6 heteroatoms. The van der Waals surface area contributed by atoms with Crippen LogP contribution in [0.5, 0.6) is 5.75 Å². The molecule has 0 bridgehead atoms. The normalized spacial score (nSPS) is 18.5. The average molecular weight is 437 g/mol. The minimum Gasteiger partial charge on any atom is -0.507 e. The number of benzene rings is 2. The van der Waals surface area contributed by atoms with E-state index in [1.807, 2.05) is 43.3 Å². The fourth-order valence-electron chi connectivity index (χ4n) is 3.92. The van der Waals surface area contributed by atoms with E-state index in [0.29, 0.717) is 24.4 Å². The quantitative estimate of drug-likeness (QED) is 0.421. The van der Waals surface area contributed by atoms with Gasteiger partial charge in [-0.05, 0) is 42.8 Å². The molecule has 2 aromatic rings. The average Bonchev–Trinajstić information content (AvgIpc) is 3.01. The molecule has 1 saturated heterocycles. The number of likely N-dealkylation sites (tertiary alicyclic amines) is 1. The van der Waals surface area contributed by atoms with Gasteiger partial charge in [-0.1, -0.05) is 57.2 Å². The predicted molar refractivity (Wildman–Crippen MR) is 126 cm³/mol. The van der Waals surface area contributed by atoms with Gasteiger partial charge in [-0.25, -0.2) is 0 Å². The number of para-hydroxylation sites is 1. The van der Waals surface area contributed by atoms with Gasteiger partial charge < -0.3 is 19.6 Å². The maximum absolute atomic E-state index is 13.1. The van der Waals surface area contributed by atoms with Gasteiger partial charge in [-0.15, -0.1) is 0 Å². The number of aliphatic hydroxyl groups excluding tert-OH is 1. The van der Waals surface area contributed by atoms with Crippen molar-refractivity contribution < 1.29 is 19.4 Å². The Labute approximate surface area is 190 Å². The predicted octanol–water partition coefficient (Wildman–Crippen LogP) is 3.98. The monoisotopic (exact) mass is 436 g/mol. The third-order valence-electron chi connectivity index (χ3n) is 5.78. The number of nitrogens with zero attached hydrogens (tertiary/aromatic N) is 2. The fraction of sp³-hybridized carbons (Fsp3) is 0.385. The molecule has 0 aromatic heterocycles. The molecule has 1 N–H and O–H groups in total. The molecule has 170 valence electrons. The number of aliphatic hydroxyl groups is 1. The molecule has 1 aliphatic rings. The first-order chi connectivity index (χ1) is 15.1. The Kier molecular flexibility index (Phi) is 6.74. The van der Waals surface area contributed by atoms with E-state index in [1.54, 1.807) is 29.2 Å². The summed E-state index contributed by atoms with van der Waals surface area (Å²) >= 11 is 0. The number of ketones is 1. The number of carbonyl (C=O) groups excluding carboxylic acids is 2. The second kappa shape index (κ2) is 9.17. The lowest BCUT2D eigenvalue weighted by Gasteiger charge is -2.27. The molecule has 6 nitrogen and oxygen atoms in total. The number of hydrogen-bond donors (Lipinski definition) is 1. The van der Waals surface area contributed by atoms with Crippen molar-refractivity contribution in [3.63, 3.8) is 0 Å². The molecular weight excluding hydrogens is 404 g/mol. The molecule has 2 aromatic carbocycles. The summed E-state index contributed by atoms with van der Waals surface area (Å²) in [6.45, 7) is 7.36. The van der Waals surface area contributed by atoms with Gasteiger partial charge in [0.05, 0.1) is 24.3 Å². The number of Topliss-reactive ketones (excluding diaryl/α,β-unsaturated/α-hetero) is 1. The first-order valence-corrected chi connectivity index (χ1v) is 10.7. The maximum atomic E-state index is 13.1. The number of carbonyl (C=O) groups is 2. The Morgan fingerprint density at radius 2 is 1.69 bits per heavy atom. The van der Waals surface area contributed by atoms with E-state index in [0.717, 1.165) is 11.1 Å². The van der Waals surface area contributed by atoms with Crippen LogP contribution in [0, 0.1) is 0 Å². The van der Waals surface area contributed by atoms with Gasteiger partial charge in [0.15, 0.2) is 0 Å². The van der Waals surface area contributed by atoms with Crippen LogP contribution in [0.3, 0.4) is 0 Å². The van der Waals surface area contributed by atoms with E-state index in [9.17, 15) is 14.7 Å². The van der Waals surface area contributed by atoms with Crippen molar-refractivity contribution in [2.24, 2.45) is 0 Å². The van der Waals surface area contributed by atoms with Crippen molar-refractivity contribution >= 4 is 17.4 Å². The van der Waals surface area contributed by atoms with Gasteiger partial charge in [-0.2, -0.15) is 0 Å². The molecule has 1 fully saturated rings. The number of likely N-dealkylation sites (N-methyl/N-ethyl adjacent to an activating group) is 1. The van der Waals surface area contributed by atoms with E-state index in [-0.39, 0.29) is 16.7 Å². The second-order valence-electron chi connectivity index (χ2n) is 9.37. The summed E-state index contributed by atoms with van der Waals surface area (Å²) in [6, 6.07) is 14.2. The maximum Gasteiger partial charge on any atom is 0.295 e. The Bertz CT molecular complexity index is 1030. The lowest BCUT2D eigenvalue weighted by Crippen LogP contribution is -2.35. The molecule has 0 radical (unpaired) electrons. The summed E-state index contributed by atoms with van der Waals surface area (Å²) in [6.07, 6.45) is 0. The fourth-order valence-corrected chi connectivity index (χ4v) is 3.92.